The smallest absolute Gasteiger partial charge is 0.181 e. The van der Waals surface area contributed by atoms with Crippen LogP contribution in [0.3, 0.4) is 0 Å². The first kappa shape index (κ1) is 13.7. The number of carbonyl (C=O) groups excluding carboxylic acids is 1. The van der Waals surface area contributed by atoms with Crippen LogP contribution in [0.2, 0.25) is 0 Å². The van der Waals surface area contributed by atoms with Crippen molar-refractivity contribution in [2.75, 3.05) is 19.6 Å². The summed E-state index contributed by atoms with van der Waals surface area (Å²) < 4.78 is 0. The predicted molar refractivity (Wildman–Crippen MR) is 78.9 cm³/mol. The van der Waals surface area contributed by atoms with Crippen molar-refractivity contribution < 1.29 is 4.79 Å². The Morgan fingerprint density at radius 3 is 2.85 bits per heavy atom. The van der Waals surface area contributed by atoms with Crippen LogP contribution in [0.1, 0.15) is 41.6 Å². The molecular weight excluding hydrogens is 250 g/mol. The SMILES string of the molecule is Cc1cncc(C(=O)C2CCCN2C2CCNCC2)c1. The summed E-state index contributed by atoms with van der Waals surface area (Å²) in [6.07, 6.45) is 7.98. The van der Waals surface area contributed by atoms with Crippen LogP contribution in [0.4, 0.5) is 0 Å². The third-order valence-electron chi connectivity index (χ3n) is 4.53. The molecule has 0 aromatic carbocycles. The van der Waals surface area contributed by atoms with Gasteiger partial charge in [-0.05, 0) is 63.9 Å². The summed E-state index contributed by atoms with van der Waals surface area (Å²) in [7, 11) is 0. The van der Waals surface area contributed by atoms with Crippen LogP contribution in [-0.2, 0) is 0 Å². The van der Waals surface area contributed by atoms with Gasteiger partial charge in [0.05, 0.1) is 6.04 Å². The number of piperidine rings is 1. The van der Waals surface area contributed by atoms with Crippen LogP contribution >= 0.6 is 0 Å². The molecule has 108 valence electrons. The number of aromatic nitrogens is 1. The highest BCUT2D eigenvalue weighted by Crippen LogP contribution is 2.26. The zero-order valence-corrected chi connectivity index (χ0v) is 12.1. The van der Waals surface area contributed by atoms with Gasteiger partial charge in [-0.3, -0.25) is 14.7 Å². The summed E-state index contributed by atoms with van der Waals surface area (Å²) in [5, 5.41) is 3.40. The van der Waals surface area contributed by atoms with Gasteiger partial charge >= 0.3 is 0 Å². The van der Waals surface area contributed by atoms with Crippen molar-refractivity contribution in [2.24, 2.45) is 0 Å². The number of nitrogens with one attached hydrogen (secondary N) is 1. The molecule has 1 aromatic rings. The molecule has 0 saturated carbocycles. The number of pyridine rings is 1. The highest BCUT2D eigenvalue weighted by atomic mass is 16.1. The van der Waals surface area contributed by atoms with Crippen molar-refractivity contribution >= 4 is 5.78 Å². The van der Waals surface area contributed by atoms with E-state index in [9.17, 15) is 4.79 Å². The quantitative estimate of drug-likeness (QED) is 0.853. The number of hydrogen-bond donors (Lipinski definition) is 1. The fourth-order valence-electron chi connectivity index (χ4n) is 3.53. The molecule has 0 bridgehead atoms. The minimum absolute atomic E-state index is 0.0710. The van der Waals surface area contributed by atoms with Gasteiger partial charge < -0.3 is 5.32 Å². The molecule has 2 aliphatic rings. The predicted octanol–water partition coefficient (Wildman–Crippen LogP) is 1.79. The second-order valence-corrected chi connectivity index (χ2v) is 5.99. The maximum Gasteiger partial charge on any atom is 0.181 e. The molecule has 2 fully saturated rings. The molecule has 3 heterocycles. The molecule has 1 atom stereocenters. The van der Waals surface area contributed by atoms with E-state index in [1.54, 1.807) is 12.4 Å². The first-order valence-corrected chi connectivity index (χ1v) is 7.68. The van der Waals surface area contributed by atoms with Crippen molar-refractivity contribution in [3.05, 3.63) is 29.6 Å². The van der Waals surface area contributed by atoms with Crippen LogP contribution < -0.4 is 5.32 Å². The lowest BCUT2D eigenvalue weighted by molar-refractivity contribution is 0.0783. The topological polar surface area (TPSA) is 45.2 Å². The minimum atomic E-state index is 0.0710. The zero-order chi connectivity index (χ0) is 13.9. The van der Waals surface area contributed by atoms with Crippen molar-refractivity contribution in [3.63, 3.8) is 0 Å². The largest absolute Gasteiger partial charge is 0.317 e. The fraction of sp³-hybridized carbons (Fsp3) is 0.625. The number of likely N-dealkylation sites (tertiary alicyclic amines) is 1. The number of rotatable bonds is 3. The van der Waals surface area contributed by atoms with Crippen molar-refractivity contribution in [3.8, 4) is 0 Å². The second kappa shape index (κ2) is 6.02. The van der Waals surface area contributed by atoms with E-state index in [2.05, 4.69) is 15.2 Å². The van der Waals surface area contributed by atoms with Gasteiger partial charge in [0, 0.05) is 24.0 Å². The maximum atomic E-state index is 12.8. The Labute approximate surface area is 120 Å². The van der Waals surface area contributed by atoms with Gasteiger partial charge in [0.15, 0.2) is 5.78 Å². The molecule has 2 saturated heterocycles. The minimum Gasteiger partial charge on any atom is -0.317 e. The van der Waals surface area contributed by atoms with Gasteiger partial charge in [-0.25, -0.2) is 0 Å². The Morgan fingerprint density at radius 2 is 2.10 bits per heavy atom. The summed E-state index contributed by atoms with van der Waals surface area (Å²) >= 11 is 0. The maximum absolute atomic E-state index is 12.8. The van der Waals surface area contributed by atoms with Crippen molar-refractivity contribution in [1.29, 1.82) is 0 Å². The van der Waals surface area contributed by atoms with Crippen molar-refractivity contribution in [2.45, 2.75) is 44.7 Å². The van der Waals surface area contributed by atoms with Gasteiger partial charge in [0.2, 0.25) is 0 Å². The Bertz CT molecular complexity index is 482. The Hall–Kier alpha value is -1.26. The molecule has 1 unspecified atom stereocenters. The van der Waals surface area contributed by atoms with E-state index in [0.29, 0.717) is 6.04 Å². The molecule has 0 radical (unpaired) electrons. The number of aryl methyl sites for hydroxylation is 1. The van der Waals surface area contributed by atoms with Crippen LogP contribution in [0.15, 0.2) is 18.5 Å². The Kier molecular flexibility index (Phi) is 4.13. The zero-order valence-electron chi connectivity index (χ0n) is 12.1. The Morgan fingerprint density at radius 1 is 1.30 bits per heavy atom. The van der Waals surface area contributed by atoms with Crippen LogP contribution in [-0.4, -0.2) is 47.4 Å². The molecule has 0 spiro atoms. The molecule has 0 amide bonds. The van der Waals surface area contributed by atoms with E-state index >= 15 is 0 Å². The van der Waals surface area contributed by atoms with Gasteiger partial charge in [0.25, 0.3) is 0 Å². The molecule has 2 aliphatic heterocycles. The summed E-state index contributed by atoms with van der Waals surface area (Å²) in [4.78, 5) is 19.4. The van der Waals surface area contributed by atoms with Gasteiger partial charge in [-0.1, -0.05) is 0 Å². The van der Waals surface area contributed by atoms with Crippen LogP contribution in [0.25, 0.3) is 0 Å². The lowest BCUT2D eigenvalue weighted by atomic mass is 9.99. The van der Waals surface area contributed by atoms with E-state index in [1.807, 2.05) is 13.0 Å². The highest BCUT2D eigenvalue weighted by Gasteiger charge is 2.36. The normalized spacial score (nSPS) is 24.9. The third-order valence-corrected chi connectivity index (χ3v) is 4.53. The van der Waals surface area contributed by atoms with Crippen LogP contribution in [0.5, 0.6) is 0 Å². The molecule has 20 heavy (non-hydrogen) atoms. The summed E-state index contributed by atoms with van der Waals surface area (Å²) in [6.45, 7) is 5.21. The number of hydrogen-bond acceptors (Lipinski definition) is 4. The average molecular weight is 273 g/mol. The molecule has 1 N–H and O–H groups in total. The van der Waals surface area contributed by atoms with E-state index in [1.165, 1.54) is 0 Å². The monoisotopic (exact) mass is 273 g/mol. The first-order valence-electron chi connectivity index (χ1n) is 7.68. The van der Waals surface area contributed by atoms with Gasteiger partial charge in [0.1, 0.15) is 0 Å². The third kappa shape index (κ3) is 2.76. The highest BCUT2D eigenvalue weighted by molar-refractivity contribution is 6.00. The first-order chi connectivity index (χ1) is 9.75. The van der Waals surface area contributed by atoms with E-state index < -0.39 is 0 Å². The second-order valence-electron chi connectivity index (χ2n) is 5.99. The molecular formula is C16H23N3O. The van der Waals surface area contributed by atoms with E-state index in [0.717, 1.165) is 56.4 Å². The molecule has 0 aliphatic carbocycles. The number of ketones is 1. The summed E-state index contributed by atoms with van der Waals surface area (Å²) in [5.74, 6) is 0.261. The lowest BCUT2D eigenvalue weighted by Crippen LogP contribution is -2.47. The molecule has 4 nitrogen and oxygen atoms in total. The number of Topliss-reactive ketones (excluding diaryl/α,β-unsaturated/α-hetero) is 1. The molecule has 3 rings (SSSR count). The van der Waals surface area contributed by atoms with Gasteiger partial charge in [-0.15, -0.1) is 0 Å². The van der Waals surface area contributed by atoms with Crippen molar-refractivity contribution in [1.82, 2.24) is 15.2 Å². The average Bonchev–Trinajstić information content (AvgIpc) is 2.97. The Balaban J connectivity index is 1.76. The standard InChI is InChI=1S/C16H23N3O/c1-12-9-13(11-18-10-12)16(20)15-3-2-8-19(15)14-4-6-17-7-5-14/h9-11,14-15,17H,2-8H2,1H3. The van der Waals surface area contributed by atoms with Crippen LogP contribution in [0, 0.1) is 6.92 Å². The molecule has 4 heteroatoms. The number of nitrogens with zero attached hydrogens (tertiary/aromatic N) is 2. The van der Waals surface area contributed by atoms with E-state index in [4.69, 9.17) is 0 Å². The number of carbonyl (C=O) groups is 1. The molecule has 1 aromatic heterocycles. The summed E-state index contributed by atoms with van der Waals surface area (Å²) in [5.41, 5.74) is 1.83. The fourth-order valence-corrected chi connectivity index (χ4v) is 3.53. The lowest BCUT2D eigenvalue weighted by Gasteiger charge is -2.35. The summed E-state index contributed by atoms with van der Waals surface area (Å²) in [6, 6.07) is 2.61. The van der Waals surface area contributed by atoms with E-state index in [-0.39, 0.29) is 11.8 Å². The van der Waals surface area contributed by atoms with Gasteiger partial charge in [-0.2, -0.15) is 0 Å².